The van der Waals surface area contributed by atoms with Crippen molar-refractivity contribution in [2.75, 3.05) is 7.05 Å². The Morgan fingerprint density at radius 3 is 2.50 bits per heavy atom. The lowest BCUT2D eigenvalue weighted by Crippen LogP contribution is -2.53. The molecule has 1 amide bonds. The first-order valence-corrected chi connectivity index (χ1v) is 3.87. The van der Waals surface area contributed by atoms with Crippen LogP contribution in [0.2, 0.25) is 0 Å². The van der Waals surface area contributed by atoms with Gasteiger partial charge in [-0.2, -0.15) is 0 Å². The predicted octanol–water partition coefficient (Wildman–Crippen LogP) is -0.351. The van der Waals surface area contributed by atoms with E-state index in [0.717, 1.165) is 6.42 Å². The normalized spacial score (nSPS) is 21.2. The number of hydrogen-bond donors (Lipinski definition) is 3. The van der Waals surface area contributed by atoms with Crippen molar-refractivity contribution >= 4 is 11.7 Å². The summed E-state index contributed by atoms with van der Waals surface area (Å²) in [5.74, 6) is -0.142. The zero-order chi connectivity index (χ0) is 9.19. The van der Waals surface area contributed by atoms with E-state index < -0.39 is 5.41 Å². The van der Waals surface area contributed by atoms with Gasteiger partial charge in [0, 0.05) is 7.05 Å². The zero-order valence-electron chi connectivity index (χ0n) is 7.00. The van der Waals surface area contributed by atoms with Crippen molar-refractivity contribution in [3.8, 4) is 0 Å². The van der Waals surface area contributed by atoms with Crippen LogP contribution in [0.1, 0.15) is 19.3 Å². The number of hydrogen-bond acceptors (Lipinski definition) is 3. The van der Waals surface area contributed by atoms with E-state index in [9.17, 15) is 4.79 Å². The first-order valence-electron chi connectivity index (χ1n) is 3.87. The largest absolute Gasteiger partial charge is 0.409 e. The van der Waals surface area contributed by atoms with Gasteiger partial charge in [0.1, 0.15) is 5.41 Å². The Bertz CT molecular complexity index is 221. The zero-order valence-corrected chi connectivity index (χ0v) is 7.00. The van der Waals surface area contributed by atoms with E-state index in [1.54, 1.807) is 7.05 Å². The number of carbonyl (C=O) groups is 1. The number of nitrogens with two attached hydrogens (primary N) is 1. The Morgan fingerprint density at radius 1 is 1.67 bits per heavy atom. The van der Waals surface area contributed by atoms with E-state index in [0.29, 0.717) is 12.8 Å². The first-order chi connectivity index (χ1) is 5.67. The van der Waals surface area contributed by atoms with Gasteiger partial charge in [0.15, 0.2) is 5.84 Å². The van der Waals surface area contributed by atoms with Gasteiger partial charge in [-0.25, -0.2) is 0 Å². The van der Waals surface area contributed by atoms with E-state index in [1.165, 1.54) is 0 Å². The van der Waals surface area contributed by atoms with Crippen LogP contribution in [0.4, 0.5) is 0 Å². The molecule has 1 rings (SSSR count). The summed E-state index contributed by atoms with van der Waals surface area (Å²) in [6.07, 6.45) is 2.29. The van der Waals surface area contributed by atoms with Crippen molar-refractivity contribution < 1.29 is 10.0 Å². The molecule has 0 aromatic rings. The Kier molecular flexibility index (Phi) is 2.21. The second-order valence-electron chi connectivity index (χ2n) is 3.00. The van der Waals surface area contributed by atoms with Gasteiger partial charge < -0.3 is 16.3 Å². The van der Waals surface area contributed by atoms with Gasteiger partial charge in [-0.1, -0.05) is 11.6 Å². The van der Waals surface area contributed by atoms with Crippen LogP contribution in [0.5, 0.6) is 0 Å². The number of amidine groups is 1. The molecule has 0 aromatic carbocycles. The van der Waals surface area contributed by atoms with Gasteiger partial charge in [0.2, 0.25) is 5.91 Å². The van der Waals surface area contributed by atoms with Gasteiger partial charge in [-0.15, -0.1) is 0 Å². The Labute approximate surface area is 70.6 Å². The third-order valence-electron chi connectivity index (χ3n) is 2.47. The van der Waals surface area contributed by atoms with Crippen molar-refractivity contribution in [3.63, 3.8) is 0 Å². The molecular weight excluding hydrogens is 158 g/mol. The summed E-state index contributed by atoms with van der Waals surface area (Å²) in [6.45, 7) is 0. The molecular formula is C7H13N3O2. The summed E-state index contributed by atoms with van der Waals surface area (Å²) in [6, 6.07) is 0. The second kappa shape index (κ2) is 3.00. The van der Waals surface area contributed by atoms with Gasteiger partial charge >= 0.3 is 0 Å². The fourth-order valence-corrected chi connectivity index (χ4v) is 1.46. The van der Waals surface area contributed by atoms with Crippen LogP contribution in [0, 0.1) is 5.41 Å². The summed E-state index contributed by atoms with van der Waals surface area (Å²) in [7, 11) is 1.55. The predicted molar refractivity (Wildman–Crippen MR) is 43.8 cm³/mol. The van der Waals surface area contributed by atoms with E-state index in [-0.39, 0.29) is 11.7 Å². The van der Waals surface area contributed by atoms with Gasteiger partial charge in [-0.3, -0.25) is 4.79 Å². The van der Waals surface area contributed by atoms with Crippen LogP contribution in [0.25, 0.3) is 0 Å². The highest BCUT2D eigenvalue weighted by atomic mass is 16.4. The second-order valence-corrected chi connectivity index (χ2v) is 3.00. The smallest absolute Gasteiger partial charge is 0.233 e. The van der Waals surface area contributed by atoms with Gasteiger partial charge in [0.05, 0.1) is 0 Å². The summed E-state index contributed by atoms with van der Waals surface area (Å²) in [4.78, 5) is 11.3. The minimum absolute atomic E-state index is 0.0214. The molecule has 0 aromatic heterocycles. The maximum Gasteiger partial charge on any atom is 0.233 e. The SMILES string of the molecule is CNC(=O)C1(C(N)=NO)CCC1. The average Bonchev–Trinajstić information content (AvgIpc) is 2.01. The number of amides is 1. The summed E-state index contributed by atoms with van der Waals surface area (Å²) >= 11 is 0. The van der Waals surface area contributed by atoms with Crippen molar-refractivity contribution in [2.45, 2.75) is 19.3 Å². The van der Waals surface area contributed by atoms with E-state index >= 15 is 0 Å². The molecule has 0 bridgehead atoms. The quantitative estimate of drug-likeness (QED) is 0.229. The average molecular weight is 171 g/mol. The summed E-state index contributed by atoms with van der Waals surface area (Å²) < 4.78 is 0. The highest BCUT2D eigenvalue weighted by Gasteiger charge is 2.47. The van der Waals surface area contributed by atoms with E-state index in [4.69, 9.17) is 10.9 Å². The Balaban J connectivity index is 2.83. The molecule has 1 fully saturated rings. The fraction of sp³-hybridized carbons (Fsp3) is 0.714. The van der Waals surface area contributed by atoms with E-state index in [1.807, 2.05) is 0 Å². The van der Waals surface area contributed by atoms with Crippen LogP contribution in [-0.2, 0) is 4.79 Å². The Morgan fingerprint density at radius 2 is 2.25 bits per heavy atom. The van der Waals surface area contributed by atoms with Crippen molar-refractivity contribution in [1.82, 2.24) is 5.32 Å². The monoisotopic (exact) mass is 171 g/mol. The number of oxime groups is 1. The lowest BCUT2D eigenvalue weighted by Gasteiger charge is -2.38. The third kappa shape index (κ3) is 1.01. The first kappa shape index (κ1) is 8.83. The number of nitrogens with zero attached hydrogens (tertiary/aromatic N) is 1. The minimum Gasteiger partial charge on any atom is -0.409 e. The van der Waals surface area contributed by atoms with Crippen molar-refractivity contribution in [3.05, 3.63) is 0 Å². The molecule has 0 aliphatic heterocycles. The third-order valence-corrected chi connectivity index (χ3v) is 2.47. The maximum absolute atomic E-state index is 11.3. The molecule has 0 atom stereocenters. The summed E-state index contributed by atoms with van der Waals surface area (Å²) in [5, 5.41) is 13.9. The van der Waals surface area contributed by atoms with Crippen molar-refractivity contribution in [2.24, 2.45) is 16.3 Å². The molecule has 4 N–H and O–H groups in total. The van der Waals surface area contributed by atoms with Crippen LogP contribution in [0.3, 0.4) is 0 Å². The highest BCUT2D eigenvalue weighted by Crippen LogP contribution is 2.41. The van der Waals surface area contributed by atoms with Gasteiger partial charge in [0.25, 0.3) is 0 Å². The topological polar surface area (TPSA) is 87.7 Å². The molecule has 0 heterocycles. The molecule has 1 saturated carbocycles. The lowest BCUT2D eigenvalue weighted by molar-refractivity contribution is -0.130. The van der Waals surface area contributed by atoms with Crippen molar-refractivity contribution in [1.29, 1.82) is 0 Å². The van der Waals surface area contributed by atoms with Gasteiger partial charge in [-0.05, 0) is 12.8 Å². The maximum atomic E-state index is 11.3. The number of carbonyl (C=O) groups excluding carboxylic acids is 1. The molecule has 0 saturated heterocycles. The molecule has 5 nitrogen and oxygen atoms in total. The fourth-order valence-electron chi connectivity index (χ4n) is 1.46. The lowest BCUT2D eigenvalue weighted by atomic mass is 9.67. The standard InChI is InChI=1S/C7H13N3O2/c1-9-6(11)7(3-2-4-7)5(8)10-12/h12H,2-4H2,1H3,(H2,8,10)(H,9,11). The summed E-state index contributed by atoms with van der Waals surface area (Å²) in [5.41, 5.74) is 4.70. The molecule has 0 unspecified atom stereocenters. The molecule has 1 aliphatic rings. The molecule has 68 valence electrons. The van der Waals surface area contributed by atoms with E-state index in [2.05, 4.69) is 10.5 Å². The molecule has 0 radical (unpaired) electrons. The molecule has 0 spiro atoms. The number of rotatable bonds is 2. The minimum atomic E-state index is -0.733. The van der Waals surface area contributed by atoms with Crippen LogP contribution < -0.4 is 11.1 Å². The van der Waals surface area contributed by atoms with Crippen LogP contribution >= 0.6 is 0 Å². The van der Waals surface area contributed by atoms with Crippen LogP contribution in [-0.4, -0.2) is 24.0 Å². The highest BCUT2D eigenvalue weighted by molar-refractivity contribution is 6.07. The molecule has 5 heteroatoms. The molecule has 12 heavy (non-hydrogen) atoms. The Hall–Kier alpha value is -1.26. The van der Waals surface area contributed by atoms with Crippen LogP contribution in [0.15, 0.2) is 5.16 Å². The molecule has 1 aliphatic carbocycles. The number of nitrogens with one attached hydrogen (secondary N) is 1.